The van der Waals surface area contributed by atoms with Gasteiger partial charge in [0.05, 0.1) is 6.04 Å². The Bertz CT molecular complexity index is 456. The third-order valence-corrected chi connectivity index (χ3v) is 4.16. The molecular weight excluding hydrogens is 260 g/mol. The fourth-order valence-electron chi connectivity index (χ4n) is 2.94. The van der Waals surface area contributed by atoms with E-state index in [0.29, 0.717) is 11.8 Å². The van der Waals surface area contributed by atoms with Crippen LogP contribution >= 0.6 is 0 Å². The molecule has 3 nitrogen and oxygen atoms in total. The molecule has 0 radical (unpaired) electrons. The first-order valence-corrected chi connectivity index (χ1v) is 8.12. The van der Waals surface area contributed by atoms with Crippen LogP contribution in [0.25, 0.3) is 0 Å². The predicted molar refractivity (Wildman–Crippen MR) is 86.7 cm³/mol. The van der Waals surface area contributed by atoms with Gasteiger partial charge < -0.3 is 4.90 Å². The van der Waals surface area contributed by atoms with Gasteiger partial charge in [0.15, 0.2) is 0 Å². The largest absolute Gasteiger partial charge is 0.322 e. The van der Waals surface area contributed by atoms with Crippen LogP contribution in [0.1, 0.15) is 52.3 Å². The van der Waals surface area contributed by atoms with E-state index in [0.717, 1.165) is 19.4 Å². The van der Waals surface area contributed by atoms with E-state index in [1.54, 1.807) is 0 Å². The van der Waals surface area contributed by atoms with Crippen LogP contribution in [0.3, 0.4) is 0 Å². The maximum atomic E-state index is 12.7. The standard InChI is InChI=1S/C18H28N2O/c1-13(2)9-8-12-20-17(15-10-6-5-7-11-15)19-16(14(3)4)18(20)21/h5-7,10-11,13-14,16-17,19H,8-9,12H2,1-4H3. The Kier molecular flexibility index (Phi) is 5.40. The highest BCUT2D eigenvalue weighted by Gasteiger charge is 2.40. The molecule has 1 fully saturated rings. The van der Waals surface area contributed by atoms with Gasteiger partial charge in [-0.3, -0.25) is 10.1 Å². The Labute approximate surface area is 128 Å². The molecule has 116 valence electrons. The Morgan fingerprint density at radius 1 is 1.14 bits per heavy atom. The summed E-state index contributed by atoms with van der Waals surface area (Å²) in [4.78, 5) is 14.7. The molecule has 0 saturated carbocycles. The minimum Gasteiger partial charge on any atom is -0.322 e. The van der Waals surface area contributed by atoms with Gasteiger partial charge in [0.1, 0.15) is 6.17 Å². The number of nitrogens with one attached hydrogen (secondary N) is 1. The molecule has 1 aromatic rings. The maximum absolute atomic E-state index is 12.7. The highest BCUT2D eigenvalue weighted by molar-refractivity contribution is 5.84. The lowest BCUT2D eigenvalue weighted by Crippen LogP contribution is -2.35. The molecule has 1 saturated heterocycles. The van der Waals surface area contributed by atoms with Crippen LogP contribution in [0.2, 0.25) is 0 Å². The van der Waals surface area contributed by atoms with Gasteiger partial charge in [-0.2, -0.15) is 0 Å². The van der Waals surface area contributed by atoms with E-state index in [1.165, 1.54) is 5.56 Å². The lowest BCUT2D eigenvalue weighted by molar-refractivity contribution is -0.130. The number of nitrogens with zero attached hydrogens (tertiary/aromatic N) is 1. The summed E-state index contributed by atoms with van der Waals surface area (Å²) in [7, 11) is 0. The summed E-state index contributed by atoms with van der Waals surface area (Å²) in [5.74, 6) is 1.26. The highest BCUT2D eigenvalue weighted by atomic mass is 16.2. The van der Waals surface area contributed by atoms with Crippen molar-refractivity contribution < 1.29 is 4.79 Å². The van der Waals surface area contributed by atoms with Gasteiger partial charge in [-0.25, -0.2) is 0 Å². The van der Waals surface area contributed by atoms with Crippen LogP contribution in [0.4, 0.5) is 0 Å². The number of carbonyl (C=O) groups is 1. The Morgan fingerprint density at radius 3 is 2.38 bits per heavy atom. The van der Waals surface area contributed by atoms with E-state index in [2.05, 4.69) is 45.1 Å². The lowest BCUT2D eigenvalue weighted by Gasteiger charge is -2.25. The molecule has 0 spiro atoms. The summed E-state index contributed by atoms with van der Waals surface area (Å²) >= 11 is 0. The third-order valence-electron chi connectivity index (χ3n) is 4.16. The first kappa shape index (κ1) is 16.0. The zero-order valence-corrected chi connectivity index (χ0v) is 13.7. The first-order chi connectivity index (χ1) is 10.0. The van der Waals surface area contributed by atoms with E-state index in [4.69, 9.17) is 0 Å². The average molecular weight is 288 g/mol. The number of hydrogen-bond donors (Lipinski definition) is 1. The minimum atomic E-state index is -0.0609. The van der Waals surface area contributed by atoms with Crippen molar-refractivity contribution in [1.82, 2.24) is 10.2 Å². The molecule has 0 aliphatic carbocycles. The molecule has 21 heavy (non-hydrogen) atoms. The van der Waals surface area contributed by atoms with Gasteiger partial charge in [-0.1, -0.05) is 58.0 Å². The van der Waals surface area contributed by atoms with Gasteiger partial charge in [0.25, 0.3) is 0 Å². The summed E-state index contributed by atoms with van der Waals surface area (Å²) < 4.78 is 0. The van der Waals surface area contributed by atoms with Crippen molar-refractivity contribution >= 4 is 5.91 Å². The molecule has 1 amide bonds. The van der Waals surface area contributed by atoms with E-state index in [9.17, 15) is 4.79 Å². The van der Waals surface area contributed by atoms with E-state index >= 15 is 0 Å². The van der Waals surface area contributed by atoms with Crippen LogP contribution in [-0.4, -0.2) is 23.4 Å². The van der Waals surface area contributed by atoms with E-state index in [-0.39, 0.29) is 18.1 Å². The number of hydrogen-bond acceptors (Lipinski definition) is 2. The van der Waals surface area contributed by atoms with Gasteiger partial charge in [-0.05, 0) is 30.2 Å². The smallest absolute Gasteiger partial charge is 0.241 e. The molecule has 0 aromatic heterocycles. The fraction of sp³-hybridized carbons (Fsp3) is 0.611. The lowest BCUT2D eigenvalue weighted by atomic mass is 10.0. The summed E-state index contributed by atoms with van der Waals surface area (Å²) in [6, 6.07) is 10.2. The fourth-order valence-corrected chi connectivity index (χ4v) is 2.94. The van der Waals surface area contributed by atoms with E-state index in [1.807, 2.05) is 23.1 Å². The van der Waals surface area contributed by atoms with E-state index < -0.39 is 0 Å². The monoisotopic (exact) mass is 288 g/mol. The average Bonchev–Trinajstić information content (AvgIpc) is 2.77. The van der Waals surface area contributed by atoms with Crippen LogP contribution in [-0.2, 0) is 4.79 Å². The molecule has 2 rings (SSSR count). The molecular formula is C18H28N2O. The molecule has 1 N–H and O–H groups in total. The zero-order chi connectivity index (χ0) is 15.4. The second-order valence-electron chi connectivity index (χ2n) is 6.77. The molecule has 1 aliphatic heterocycles. The normalized spacial score (nSPS) is 22.6. The van der Waals surface area contributed by atoms with Crippen LogP contribution in [0.5, 0.6) is 0 Å². The number of amides is 1. The second kappa shape index (κ2) is 7.08. The Morgan fingerprint density at radius 2 is 1.81 bits per heavy atom. The highest BCUT2D eigenvalue weighted by Crippen LogP contribution is 2.28. The van der Waals surface area contributed by atoms with Crippen molar-refractivity contribution in [3.8, 4) is 0 Å². The molecule has 2 unspecified atom stereocenters. The van der Waals surface area contributed by atoms with Crippen molar-refractivity contribution in [2.75, 3.05) is 6.54 Å². The minimum absolute atomic E-state index is 0.0262. The molecule has 1 aromatic carbocycles. The number of rotatable bonds is 6. The summed E-state index contributed by atoms with van der Waals surface area (Å²) in [5, 5.41) is 3.52. The number of carbonyl (C=O) groups excluding carboxylic acids is 1. The number of benzene rings is 1. The second-order valence-corrected chi connectivity index (χ2v) is 6.77. The van der Waals surface area contributed by atoms with Crippen molar-refractivity contribution in [3.63, 3.8) is 0 Å². The SMILES string of the molecule is CC(C)CCCN1C(=O)C(C(C)C)NC1c1ccccc1. The van der Waals surface area contributed by atoms with Crippen molar-refractivity contribution in [3.05, 3.63) is 35.9 Å². The topological polar surface area (TPSA) is 32.3 Å². The molecule has 1 heterocycles. The third kappa shape index (κ3) is 3.85. The van der Waals surface area contributed by atoms with Gasteiger partial charge in [-0.15, -0.1) is 0 Å². The Balaban J connectivity index is 2.13. The summed E-state index contributed by atoms with van der Waals surface area (Å²) in [6.45, 7) is 9.52. The zero-order valence-electron chi connectivity index (χ0n) is 13.7. The molecule has 1 aliphatic rings. The van der Waals surface area contributed by atoms with Gasteiger partial charge >= 0.3 is 0 Å². The van der Waals surface area contributed by atoms with Crippen LogP contribution in [0.15, 0.2) is 30.3 Å². The van der Waals surface area contributed by atoms with Crippen LogP contribution in [0, 0.1) is 11.8 Å². The molecule has 0 bridgehead atoms. The molecule has 3 heteroatoms. The van der Waals surface area contributed by atoms with Crippen molar-refractivity contribution in [1.29, 1.82) is 0 Å². The molecule has 2 atom stereocenters. The van der Waals surface area contributed by atoms with Crippen molar-refractivity contribution in [2.45, 2.75) is 52.7 Å². The predicted octanol–water partition coefficient (Wildman–Crippen LogP) is 3.58. The van der Waals surface area contributed by atoms with Crippen LogP contribution < -0.4 is 5.32 Å². The summed E-state index contributed by atoms with van der Waals surface area (Å²) in [5.41, 5.74) is 1.18. The Hall–Kier alpha value is -1.35. The van der Waals surface area contributed by atoms with Gasteiger partial charge in [0.2, 0.25) is 5.91 Å². The maximum Gasteiger partial charge on any atom is 0.241 e. The first-order valence-electron chi connectivity index (χ1n) is 8.12. The van der Waals surface area contributed by atoms with Crippen molar-refractivity contribution in [2.24, 2.45) is 11.8 Å². The quantitative estimate of drug-likeness (QED) is 0.868. The van der Waals surface area contributed by atoms with Gasteiger partial charge in [0, 0.05) is 6.54 Å². The summed E-state index contributed by atoms with van der Waals surface area (Å²) in [6.07, 6.45) is 2.26.